The Morgan fingerprint density at radius 3 is 2.79 bits per heavy atom. The third-order valence-electron chi connectivity index (χ3n) is 2.72. The van der Waals surface area contributed by atoms with Crippen LogP contribution >= 0.6 is 0 Å². The first kappa shape index (κ1) is 9.25. The molecular weight excluding hydrogens is 174 g/mol. The van der Waals surface area contributed by atoms with E-state index < -0.39 is 0 Å². The Hall–Kier alpha value is -1.31. The number of benzene rings is 1. The van der Waals surface area contributed by atoms with Crippen molar-refractivity contribution in [1.29, 1.82) is 0 Å². The number of hydrogen-bond donors (Lipinski definition) is 1. The van der Waals surface area contributed by atoms with Crippen LogP contribution in [0.1, 0.15) is 18.4 Å². The van der Waals surface area contributed by atoms with Gasteiger partial charge in [0.1, 0.15) is 0 Å². The summed E-state index contributed by atoms with van der Waals surface area (Å²) in [6, 6.07) is 10.4. The number of rotatable bonds is 2. The van der Waals surface area contributed by atoms with Crippen LogP contribution in [0.25, 0.3) is 0 Å². The van der Waals surface area contributed by atoms with Gasteiger partial charge in [-0.05, 0) is 24.3 Å². The van der Waals surface area contributed by atoms with E-state index in [-0.39, 0.29) is 5.91 Å². The second-order valence-electron chi connectivity index (χ2n) is 3.90. The van der Waals surface area contributed by atoms with Crippen molar-refractivity contribution in [1.82, 2.24) is 5.32 Å². The van der Waals surface area contributed by atoms with Crippen molar-refractivity contribution in [2.75, 3.05) is 6.54 Å². The predicted molar refractivity (Wildman–Crippen MR) is 55.9 cm³/mol. The van der Waals surface area contributed by atoms with Crippen LogP contribution in [0.4, 0.5) is 0 Å². The SMILES string of the molecule is O=C1C[C@H](Cc2ccccc2)CCN1. The highest BCUT2D eigenvalue weighted by Crippen LogP contribution is 2.18. The fourth-order valence-electron chi connectivity index (χ4n) is 1.97. The maximum absolute atomic E-state index is 11.2. The van der Waals surface area contributed by atoms with Crippen LogP contribution < -0.4 is 5.32 Å². The summed E-state index contributed by atoms with van der Waals surface area (Å²) in [4.78, 5) is 11.2. The molecule has 0 aromatic heterocycles. The van der Waals surface area contributed by atoms with E-state index in [1.807, 2.05) is 6.07 Å². The molecule has 1 amide bonds. The highest BCUT2D eigenvalue weighted by Gasteiger charge is 2.18. The van der Waals surface area contributed by atoms with E-state index in [1.165, 1.54) is 5.56 Å². The van der Waals surface area contributed by atoms with Crippen molar-refractivity contribution < 1.29 is 4.79 Å². The maximum atomic E-state index is 11.2. The Bertz CT molecular complexity index is 307. The summed E-state index contributed by atoms with van der Waals surface area (Å²) >= 11 is 0. The second kappa shape index (κ2) is 4.27. The van der Waals surface area contributed by atoms with E-state index in [0.29, 0.717) is 12.3 Å². The number of carbonyl (C=O) groups excluding carboxylic acids is 1. The average molecular weight is 189 g/mol. The van der Waals surface area contributed by atoms with Gasteiger partial charge in [-0.25, -0.2) is 0 Å². The van der Waals surface area contributed by atoms with E-state index in [9.17, 15) is 4.79 Å². The first-order valence-corrected chi connectivity index (χ1v) is 5.15. The molecule has 1 fully saturated rings. The van der Waals surface area contributed by atoms with Crippen molar-refractivity contribution in [3.63, 3.8) is 0 Å². The Kier molecular flexibility index (Phi) is 2.82. The molecule has 0 aliphatic carbocycles. The van der Waals surface area contributed by atoms with Gasteiger partial charge in [0.05, 0.1) is 0 Å². The lowest BCUT2D eigenvalue weighted by atomic mass is 9.91. The lowest BCUT2D eigenvalue weighted by Crippen LogP contribution is -2.34. The van der Waals surface area contributed by atoms with Crippen molar-refractivity contribution in [2.45, 2.75) is 19.3 Å². The van der Waals surface area contributed by atoms with Gasteiger partial charge in [0.25, 0.3) is 0 Å². The molecule has 1 saturated heterocycles. The number of piperidine rings is 1. The van der Waals surface area contributed by atoms with Crippen LogP contribution in [-0.4, -0.2) is 12.5 Å². The molecule has 1 aromatic carbocycles. The molecule has 1 heterocycles. The molecule has 2 nitrogen and oxygen atoms in total. The van der Waals surface area contributed by atoms with Crippen molar-refractivity contribution in [3.05, 3.63) is 35.9 Å². The highest BCUT2D eigenvalue weighted by atomic mass is 16.1. The molecule has 74 valence electrons. The topological polar surface area (TPSA) is 29.1 Å². The summed E-state index contributed by atoms with van der Waals surface area (Å²) < 4.78 is 0. The third-order valence-corrected chi connectivity index (χ3v) is 2.72. The molecule has 14 heavy (non-hydrogen) atoms. The standard InChI is InChI=1S/C12H15NO/c14-12-9-11(6-7-13-12)8-10-4-2-1-3-5-10/h1-5,11H,6-9H2,(H,13,14)/t11-/m0/s1. The summed E-state index contributed by atoms with van der Waals surface area (Å²) in [6.07, 6.45) is 2.84. The van der Waals surface area contributed by atoms with E-state index in [0.717, 1.165) is 19.4 Å². The molecule has 1 aliphatic rings. The fourth-order valence-corrected chi connectivity index (χ4v) is 1.97. The van der Waals surface area contributed by atoms with E-state index in [1.54, 1.807) is 0 Å². The summed E-state index contributed by atoms with van der Waals surface area (Å²) in [5.41, 5.74) is 1.34. The molecule has 0 saturated carbocycles. The van der Waals surface area contributed by atoms with E-state index >= 15 is 0 Å². The Morgan fingerprint density at radius 2 is 2.07 bits per heavy atom. The first-order chi connectivity index (χ1) is 6.84. The van der Waals surface area contributed by atoms with Crippen molar-refractivity contribution in [3.8, 4) is 0 Å². The quantitative estimate of drug-likeness (QED) is 0.754. The van der Waals surface area contributed by atoms with Gasteiger partial charge >= 0.3 is 0 Å². The smallest absolute Gasteiger partial charge is 0.220 e. The van der Waals surface area contributed by atoms with Crippen LogP contribution in [0.2, 0.25) is 0 Å². The highest BCUT2D eigenvalue weighted by molar-refractivity contribution is 5.76. The molecule has 0 unspecified atom stereocenters. The van der Waals surface area contributed by atoms with Crippen LogP contribution in [0, 0.1) is 5.92 Å². The van der Waals surface area contributed by atoms with E-state index in [4.69, 9.17) is 0 Å². The second-order valence-corrected chi connectivity index (χ2v) is 3.90. The molecule has 0 radical (unpaired) electrons. The molecule has 1 N–H and O–H groups in total. The van der Waals surface area contributed by atoms with Crippen LogP contribution in [0.5, 0.6) is 0 Å². The first-order valence-electron chi connectivity index (χ1n) is 5.15. The number of amides is 1. The zero-order valence-electron chi connectivity index (χ0n) is 8.20. The molecule has 1 atom stereocenters. The number of hydrogen-bond acceptors (Lipinski definition) is 1. The molecule has 0 spiro atoms. The summed E-state index contributed by atoms with van der Waals surface area (Å²) in [5, 5.41) is 2.86. The summed E-state index contributed by atoms with van der Waals surface area (Å²) in [7, 11) is 0. The normalized spacial score (nSPS) is 21.7. The molecule has 2 rings (SSSR count). The maximum Gasteiger partial charge on any atom is 0.220 e. The zero-order valence-corrected chi connectivity index (χ0v) is 8.20. The summed E-state index contributed by atoms with van der Waals surface area (Å²) in [5.74, 6) is 0.739. The van der Waals surface area contributed by atoms with Crippen LogP contribution in [0.15, 0.2) is 30.3 Å². The minimum absolute atomic E-state index is 0.206. The Labute approximate surface area is 84.3 Å². The summed E-state index contributed by atoms with van der Waals surface area (Å²) in [6.45, 7) is 0.844. The minimum atomic E-state index is 0.206. The monoisotopic (exact) mass is 189 g/mol. The van der Waals surface area contributed by atoms with Gasteiger partial charge in [-0.1, -0.05) is 30.3 Å². The van der Waals surface area contributed by atoms with Crippen LogP contribution in [-0.2, 0) is 11.2 Å². The molecule has 2 heteroatoms. The van der Waals surface area contributed by atoms with Gasteiger partial charge < -0.3 is 5.32 Å². The van der Waals surface area contributed by atoms with Gasteiger partial charge in [-0.15, -0.1) is 0 Å². The van der Waals surface area contributed by atoms with Gasteiger partial charge in [0, 0.05) is 13.0 Å². The van der Waals surface area contributed by atoms with Crippen LogP contribution in [0.3, 0.4) is 0 Å². The largest absolute Gasteiger partial charge is 0.356 e. The van der Waals surface area contributed by atoms with Crippen molar-refractivity contribution >= 4 is 5.91 Å². The fraction of sp³-hybridized carbons (Fsp3) is 0.417. The Morgan fingerprint density at radius 1 is 1.29 bits per heavy atom. The lowest BCUT2D eigenvalue weighted by molar-refractivity contribution is -0.123. The molecule has 1 aromatic rings. The van der Waals surface area contributed by atoms with Gasteiger partial charge in [0.2, 0.25) is 5.91 Å². The number of carbonyl (C=O) groups is 1. The Balaban J connectivity index is 1.94. The van der Waals surface area contributed by atoms with Gasteiger partial charge in [-0.2, -0.15) is 0 Å². The molecule has 0 bridgehead atoms. The van der Waals surface area contributed by atoms with Gasteiger partial charge in [0.15, 0.2) is 0 Å². The minimum Gasteiger partial charge on any atom is -0.356 e. The lowest BCUT2D eigenvalue weighted by Gasteiger charge is -2.21. The zero-order chi connectivity index (χ0) is 9.80. The predicted octanol–water partition coefficient (Wildman–Crippen LogP) is 1.76. The average Bonchev–Trinajstić information content (AvgIpc) is 2.19. The van der Waals surface area contributed by atoms with Crippen molar-refractivity contribution in [2.24, 2.45) is 5.92 Å². The third kappa shape index (κ3) is 2.34. The molecule has 1 aliphatic heterocycles. The van der Waals surface area contributed by atoms with E-state index in [2.05, 4.69) is 29.6 Å². The number of nitrogens with one attached hydrogen (secondary N) is 1. The van der Waals surface area contributed by atoms with Gasteiger partial charge in [-0.3, -0.25) is 4.79 Å². The molecular formula is C12H15NO.